The molecule has 4 atom stereocenters. The molecule has 0 aliphatic heterocycles. The molecule has 228 valence electrons. The number of nitrogens with one attached hydrogen (secondary N) is 2. The summed E-state index contributed by atoms with van der Waals surface area (Å²) in [5.74, 6) is 2.73. The Bertz CT molecular complexity index is 1440. The number of aromatic nitrogens is 1. The molecule has 3 aliphatic carbocycles. The van der Waals surface area contributed by atoms with Crippen LogP contribution in [0, 0.1) is 18.8 Å². The molecule has 1 aromatic heterocycles. The number of carbonyl (C=O) groups is 2. The Labute approximate surface area is 255 Å². The Morgan fingerprint density at radius 3 is 2.53 bits per heavy atom. The molecule has 3 saturated carbocycles. The van der Waals surface area contributed by atoms with Crippen LogP contribution in [0.25, 0.3) is 11.3 Å². The molecular weight excluding hydrogens is 538 g/mol. The van der Waals surface area contributed by atoms with E-state index in [1.165, 1.54) is 12.0 Å². The fourth-order valence-electron chi connectivity index (χ4n) is 7.40. The van der Waals surface area contributed by atoms with Gasteiger partial charge < -0.3 is 19.8 Å². The van der Waals surface area contributed by atoms with Crippen LogP contribution < -0.4 is 15.4 Å². The normalized spacial score (nSPS) is 23.4. The molecule has 43 heavy (non-hydrogen) atoms. The van der Waals surface area contributed by atoms with Crippen molar-refractivity contribution in [2.75, 3.05) is 7.11 Å². The predicted octanol–water partition coefficient (Wildman–Crippen LogP) is 7.36. The first kappa shape index (κ1) is 29.5. The molecule has 2 amide bonds. The number of rotatable bonds is 9. The molecule has 6 rings (SSSR count). The average molecular weight is 584 g/mol. The first-order valence-corrected chi connectivity index (χ1v) is 16.2. The van der Waals surface area contributed by atoms with E-state index in [0.29, 0.717) is 5.92 Å². The third kappa shape index (κ3) is 6.81. The number of hydrogen-bond donors (Lipinski definition) is 2. The van der Waals surface area contributed by atoms with Crippen LogP contribution in [0.5, 0.6) is 5.75 Å². The maximum atomic E-state index is 13.7. The fourth-order valence-corrected chi connectivity index (χ4v) is 7.40. The zero-order valence-corrected chi connectivity index (χ0v) is 25.7. The standard InChI is InChI=1S/C36H45N3O4/c1-22-18-26(15-17-33(22)42-3)30-16-14-29(20-31(30)37-23(2)40)34(39-35(41)24-8-5-4-6-9-24)28-11-7-10-27(19-28)32-21-43-36(38-32)25-12-13-25/h7,10-11,15,17-19,21,24-25,29-31,34H,4-6,8-9,12-14,16,20H2,1-3H3,(H,37,40)(H,39,41). The minimum atomic E-state index is -0.154. The highest BCUT2D eigenvalue weighted by Crippen LogP contribution is 2.44. The van der Waals surface area contributed by atoms with Crippen LogP contribution in [0.1, 0.15) is 112 Å². The molecule has 4 unspecified atom stereocenters. The average Bonchev–Trinajstić information content (AvgIpc) is 3.75. The Morgan fingerprint density at radius 1 is 1.00 bits per heavy atom. The predicted molar refractivity (Wildman–Crippen MR) is 167 cm³/mol. The van der Waals surface area contributed by atoms with Gasteiger partial charge in [0.25, 0.3) is 0 Å². The number of benzene rings is 2. The Balaban J connectivity index is 1.29. The summed E-state index contributed by atoms with van der Waals surface area (Å²) in [6.45, 7) is 3.66. The zero-order valence-electron chi connectivity index (χ0n) is 25.7. The van der Waals surface area contributed by atoms with Crippen LogP contribution in [0.15, 0.2) is 53.1 Å². The van der Waals surface area contributed by atoms with Crippen LogP contribution >= 0.6 is 0 Å². The van der Waals surface area contributed by atoms with Gasteiger partial charge in [-0.3, -0.25) is 9.59 Å². The minimum absolute atomic E-state index is 0.0248. The molecule has 3 aromatic rings. The summed E-state index contributed by atoms with van der Waals surface area (Å²) < 4.78 is 11.3. The van der Waals surface area contributed by atoms with E-state index >= 15 is 0 Å². The lowest BCUT2D eigenvalue weighted by Gasteiger charge is -2.41. The van der Waals surface area contributed by atoms with Crippen LogP contribution in [0.3, 0.4) is 0 Å². The van der Waals surface area contributed by atoms with Gasteiger partial charge in [0.05, 0.1) is 13.2 Å². The van der Waals surface area contributed by atoms with Crippen molar-refractivity contribution in [3.05, 3.63) is 71.3 Å². The smallest absolute Gasteiger partial charge is 0.223 e. The second-order valence-electron chi connectivity index (χ2n) is 13.0. The van der Waals surface area contributed by atoms with Gasteiger partial charge in [0.2, 0.25) is 11.8 Å². The van der Waals surface area contributed by atoms with Gasteiger partial charge in [-0.05, 0) is 86.6 Å². The van der Waals surface area contributed by atoms with Crippen LogP contribution in [-0.4, -0.2) is 29.9 Å². The number of oxazole rings is 1. The summed E-state index contributed by atoms with van der Waals surface area (Å²) in [6.07, 6.45) is 12.1. The zero-order chi connectivity index (χ0) is 29.9. The first-order valence-electron chi connectivity index (χ1n) is 16.2. The van der Waals surface area contributed by atoms with Gasteiger partial charge in [-0.25, -0.2) is 4.98 Å². The third-order valence-corrected chi connectivity index (χ3v) is 9.86. The largest absolute Gasteiger partial charge is 0.496 e. The topological polar surface area (TPSA) is 93.5 Å². The number of hydrogen-bond acceptors (Lipinski definition) is 5. The molecule has 2 aromatic carbocycles. The second-order valence-corrected chi connectivity index (χ2v) is 13.0. The van der Waals surface area contributed by atoms with Crippen LogP contribution in [-0.2, 0) is 9.59 Å². The highest BCUT2D eigenvalue weighted by atomic mass is 16.5. The molecule has 3 aliphatic rings. The molecule has 3 fully saturated rings. The van der Waals surface area contributed by atoms with E-state index in [2.05, 4.69) is 54.0 Å². The molecule has 7 nitrogen and oxygen atoms in total. The number of methoxy groups -OCH3 is 1. The van der Waals surface area contributed by atoms with E-state index in [0.717, 1.165) is 91.8 Å². The molecule has 0 spiro atoms. The number of carbonyl (C=O) groups excluding carboxylic acids is 2. The van der Waals surface area contributed by atoms with Crippen molar-refractivity contribution in [3.63, 3.8) is 0 Å². The molecule has 1 heterocycles. The lowest BCUT2D eigenvalue weighted by Crippen LogP contribution is -2.46. The van der Waals surface area contributed by atoms with Crippen molar-refractivity contribution in [2.24, 2.45) is 11.8 Å². The van der Waals surface area contributed by atoms with Gasteiger partial charge in [-0.15, -0.1) is 0 Å². The van der Waals surface area contributed by atoms with Crippen molar-refractivity contribution in [3.8, 4) is 17.0 Å². The van der Waals surface area contributed by atoms with E-state index in [1.807, 2.05) is 6.07 Å². The summed E-state index contributed by atoms with van der Waals surface area (Å²) in [5.41, 5.74) is 5.25. The Hall–Kier alpha value is -3.61. The molecule has 2 N–H and O–H groups in total. The fraction of sp³-hybridized carbons (Fsp3) is 0.528. The van der Waals surface area contributed by atoms with Crippen molar-refractivity contribution in [1.29, 1.82) is 0 Å². The van der Waals surface area contributed by atoms with E-state index < -0.39 is 0 Å². The quantitative estimate of drug-likeness (QED) is 0.275. The summed E-state index contributed by atoms with van der Waals surface area (Å²) >= 11 is 0. The second kappa shape index (κ2) is 12.9. The van der Waals surface area contributed by atoms with Gasteiger partial charge in [-0.1, -0.05) is 49.6 Å². The van der Waals surface area contributed by atoms with Crippen molar-refractivity contribution in [1.82, 2.24) is 15.6 Å². The number of aryl methyl sites for hydroxylation is 1. The van der Waals surface area contributed by atoms with Gasteiger partial charge in [-0.2, -0.15) is 0 Å². The maximum absolute atomic E-state index is 13.7. The summed E-state index contributed by atoms with van der Waals surface area (Å²) in [4.78, 5) is 30.9. The van der Waals surface area contributed by atoms with Crippen LogP contribution in [0.2, 0.25) is 0 Å². The molecule has 0 bridgehead atoms. The van der Waals surface area contributed by atoms with E-state index in [4.69, 9.17) is 14.1 Å². The molecule has 0 radical (unpaired) electrons. The summed E-state index contributed by atoms with van der Waals surface area (Å²) in [6, 6.07) is 14.6. The number of ether oxygens (including phenoxy) is 1. The van der Waals surface area contributed by atoms with Crippen molar-refractivity contribution in [2.45, 2.75) is 102 Å². The monoisotopic (exact) mass is 583 g/mol. The van der Waals surface area contributed by atoms with Gasteiger partial charge >= 0.3 is 0 Å². The van der Waals surface area contributed by atoms with E-state index in [-0.39, 0.29) is 41.7 Å². The molecule has 0 saturated heterocycles. The van der Waals surface area contributed by atoms with Gasteiger partial charge in [0.15, 0.2) is 5.89 Å². The highest BCUT2D eigenvalue weighted by molar-refractivity contribution is 5.79. The summed E-state index contributed by atoms with van der Waals surface area (Å²) in [7, 11) is 1.69. The lowest BCUT2D eigenvalue weighted by molar-refractivity contribution is -0.127. The highest BCUT2D eigenvalue weighted by Gasteiger charge is 2.38. The number of amides is 2. The molecule has 7 heteroatoms. The Kier molecular flexibility index (Phi) is 8.87. The minimum Gasteiger partial charge on any atom is -0.496 e. The van der Waals surface area contributed by atoms with Gasteiger partial charge in [0, 0.05) is 36.3 Å². The number of nitrogens with zero attached hydrogens (tertiary/aromatic N) is 1. The Morgan fingerprint density at radius 2 is 1.81 bits per heavy atom. The SMILES string of the molecule is COc1ccc(C2CCC(C(NC(=O)C3CCCCC3)c3cccc(-c4coc(C5CC5)n4)c3)CC2NC(C)=O)cc1C. The summed E-state index contributed by atoms with van der Waals surface area (Å²) in [5, 5.41) is 6.81. The van der Waals surface area contributed by atoms with E-state index in [1.54, 1.807) is 20.3 Å². The van der Waals surface area contributed by atoms with Crippen molar-refractivity contribution < 1.29 is 18.7 Å². The van der Waals surface area contributed by atoms with Crippen molar-refractivity contribution >= 4 is 11.8 Å². The maximum Gasteiger partial charge on any atom is 0.223 e. The van der Waals surface area contributed by atoms with Gasteiger partial charge in [0.1, 0.15) is 17.7 Å². The lowest BCUT2D eigenvalue weighted by atomic mass is 9.71. The van der Waals surface area contributed by atoms with E-state index in [9.17, 15) is 9.59 Å². The first-order chi connectivity index (χ1) is 20.9. The van der Waals surface area contributed by atoms with Crippen LogP contribution in [0.4, 0.5) is 0 Å². The molecular formula is C36H45N3O4. The third-order valence-electron chi connectivity index (χ3n) is 9.86.